The van der Waals surface area contributed by atoms with E-state index in [-0.39, 0.29) is 5.41 Å². The molecule has 0 amide bonds. The van der Waals surface area contributed by atoms with Gasteiger partial charge in [0.1, 0.15) is 0 Å². The molecule has 0 N–H and O–H groups in total. The van der Waals surface area contributed by atoms with E-state index in [1.165, 1.54) is 72.5 Å². The van der Waals surface area contributed by atoms with Crippen LogP contribution in [0.1, 0.15) is 60.1 Å². The zero-order valence-corrected chi connectivity index (χ0v) is 32.6. The van der Waals surface area contributed by atoms with Gasteiger partial charge in [-0.05, 0) is 116 Å². The summed E-state index contributed by atoms with van der Waals surface area (Å²) in [5.74, 6) is 0.797. The van der Waals surface area contributed by atoms with Crippen molar-refractivity contribution in [1.82, 2.24) is 0 Å². The average molecular weight is 732 g/mol. The molecule has 5 aliphatic rings. The number of fused-ring (bicyclic) bond motifs is 6. The van der Waals surface area contributed by atoms with Crippen molar-refractivity contribution in [2.75, 3.05) is 4.90 Å². The summed E-state index contributed by atoms with van der Waals surface area (Å²) < 4.78 is 0. The van der Waals surface area contributed by atoms with Crippen LogP contribution >= 0.6 is 0 Å². The zero-order valence-electron chi connectivity index (χ0n) is 32.6. The van der Waals surface area contributed by atoms with Crippen molar-refractivity contribution >= 4 is 28.2 Å². The van der Waals surface area contributed by atoms with E-state index in [2.05, 4.69) is 219 Å². The first-order valence-electron chi connectivity index (χ1n) is 20.6. The molecule has 1 nitrogen and oxygen atoms in total. The van der Waals surface area contributed by atoms with Gasteiger partial charge in [-0.15, -0.1) is 0 Å². The second-order valence-electron chi connectivity index (χ2n) is 16.7. The van der Waals surface area contributed by atoms with Gasteiger partial charge in [0.2, 0.25) is 0 Å². The summed E-state index contributed by atoms with van der Waals surface area (Å²) in [6.45, 7) is 4.80. The van der Waals surface area contributed by atoms with Gasteiger partial charge in [-0.25, -0.2) is 0 Å². The lowest BCUT2D eigenvalue weighted by atomic mass is 9.65. The molecule has 57 heavy (non-hydrogen) atoms. The Bertz CT molecular complexity index is 2700. The Labute approximate surface area is 337 Å². The normalized spacial score (nSPS) is 20.2. The van der Waals surface area contributed by atoms with Crippen molar-refractivity contribution in [2.24, 2.45) is 11.8 Å². The maximum atomic E-state index is 2.54. The van der Waals surface area contributed by atoms with Crippen molar-refractivity contribution in [3.63, 3.8) is 0 Å². The van der Waals surface area contributed by atoms with Crippen LogP contribution in [0.25, 0.3) is 22.3 Å². The summed E-state index contributed by atoms with van der Waals surface area (Å²) in [7, 11) is 0. The van der Waals surface area contributed by atoms with E-state index < -0.39 is 5.41 Å². The highest BCUT2D eigenvalue weighted by Gasteiger charge is 2.48. The number of allylic oxidation sites excluding steroid dienone is 12. The Morgan fingerprint density at radius 2 is 1.14 bits per heavy atom. The quantitative estimate of drug-likeness (QED) is 0.165. The van der Waals surface area contributed by atoms with Gasteiger partial charge in [-0.3, -0.25) is 0 Å². The molecule has 0 spiro atoms. The largest absolute Gasteiger partial charge is 0.310 e. The molecule has 0 heterocycles. The second kappa shape index (κ2) is 13.1. The molecule has 0 bridgehead atoms. The lowest BCUT2D eigenvalue weighted by Crippen LogP contribution is -2.30. The van der Waals surface area contributed by atoms with Gasteiger partial charge in [0.15, 0.2) is 0 Å². The molecular formula is C56H45N. The Morgan fingerprint density at radius 1 is 0.544 bits per heavy atom. The molecule has 0 saturated heterocycles. The van der Waals surface area contributed by atoms with Crippen LogP contribution in [0.4, 0.5) is 17.1 Å². The first kappa shape index (κ1) is 33.9. The molecule has 11 rings (SSSR count). The standard InChI is InChI=1S/C56H45N/c1-55(2)51-33-31-45(36-50(51)49-34-40-18-12-13-19-41(40)35-53(49)55)57(44-28-26-39(27-29-44)38-16-6-3-7-17-38)46-30-32-48-47-24-14-15-25-52(47)56(54(48)37-46,42-20-8-4-9-21-42)43-22-10-5-11-23-43/h3-14,16-24,26-37,40-41H,15,25H2,1-2H3. The van der Waals surface area contributed by atoms with Crippen molar-refractivity contribution in [3.05, 3.63) is 245 Å². The first-order valence-corrected chi connectivity index (χ1v) is 20.6. The fourth-order valence-electron chi connectivity index (χ4n) is 10.7. The summed E-state index contributed by atoms with van der Waals surface area (Å²) in [5.41, 5.74) is 19.2. The van der Waals surface area contributed by atoms with E-state index in [9.17, 15) is 0 Å². The SMILES string of the molecule is CC1(C)C2=CC3C=CC=CC3C=C2c2cc(N(c3ccc(-c4ccccc4)cc3)c3ccc4c(c3)C(c3ccccc3)(c3ccccc3)C3=C4C=CCC3)ccc21. The molecule has 0 saturated carbocycles. The number of hydrogen-bond donors (Lipinski definition) is 0. The fraction of sp³-hybridized carbons (Fsp3) is 0.143. The predicted octanol–water partition coefficient (Wildman–Crippen LogP) is 14.2. The van der Waals surface area contributed by atoms with Crippen LogP contribution in [0.5, 0.6) is 0 Å². The van der Waals surface area contributed by atoms with Crippen molar-refractivity contribution in [2.45, 2.75) is 37.5 Å². The van der Waals surface area contributed by atoms with Gasteiger partial charge in [-0.2, -0.15) is 0 Å². The third-order valence-corrected chi connectivity index (χ3v) is 13.4. The molecule has 1 heteroatoms. The highest BCUT2D eigenvalue weighted by molar-refractivity contribution is 5.95. The molecule has 6 aromatic carbocycles. The number of hydrogen-bond acceptors (Lipinski definition) is 1. The third-order valence-electron chi connectivity index (χ3n) is 13.4. The van der Waals surface area contributed by atoms with Crippen LogP contribution in [0, 0.1) is 11.8 Å². The van der Waals surface area contributed by atoms with Gasteiger partial charge in [0.05, 0.1) is 5.41 Å². The highest BCUT2D eigenvalue weighted by atomic mass is 15.1. The lowest BCUT2D eigenvalue weighted by molar-refractivity contribution is 0.611. The van der Waals surface area contributed by atoms with E-state index >= 15 is 0 Å². The number of nitrogens with zero attached hydrogens (tertiary/aromatic N) is 1. The molecule has 0 aromatic heterocycles. The number of anilines is 3. The second-order valence-corrected chi connectivity index (χ2v) is 16.7. The van der Waals surface area contributed by atoms with Gasteiger partial charge in [-0.1, -0.05) is 178 Å². The topological polar surface area (TPSA) is 3.24 Å². The van der Waals surface area contributed by atoms with E-state index in [4.69, 9.17) is 0 Å². The van der Waals surface area contributed by atoms with Crippen molar-refractivity contribution < 1.29 is 0 Å². The zero-order chi connectivity index (χ0) is 38.1. The summed E-state index contributed by atoms with van der Waals surface area (Å²) >= 11 is 0. The molecule has 274 valence electrons. The highest BCUT2D eigenvalue weighted by Crippen LogP contribution is 2.59. The number of benzene rings is 6. The summed E-state index contributed by atoms with van der Waals surface area (Å²) in [6.07, 6.45) is 21.0. The lowest BCUT2D eigenvalue weighted by Gasteiger charge is -2.37. The van der Waals surface area contributed by atoms with Gasteiger partial charge >= 0.3 is 0 Å². The van der Waals surface area contributed by atoms with E-state index in [1.54, 1.807) is 0 Å². The maximum Gasteiger partial charge on any atom is 0.0677 e. The van der Waals surface area contributed by atoms with Crippen LogP contribution in [0.15, 0.2) is 211 Å². The van der Waals surface area contributed by atoms with Crippen molar-refractivity contribution in [1.29, 1.82) is 0 Å². The number of rotatable bonds is 6. The van der Waals surface area contributed by atoms with Crippen LogP contribution in [-0.4, -0.2) is 0 Å². The Morgan fingerprint density at radius 3 is 1.84 bits per heavy atom. The van der Waals surface area contributed by atoms with E-state index in [1.807, 2.05) is 0 Å². The molecule has 0 aliphatic heterocycles. The molecule has 0 fully saturated rings. The first-order chi connectivity index (χ1) is 28.0. The Balaban J connectivity index is 1.13. The van der Waals surface area contributed by atoms with E-state index in [0.717, 1.165) is 24.2 Å². The maximum absolute atomic E-state index is 2.54. The smallest absolute Gasteiger partial charge is 0.0677 e. The molecule has 5 aliphatic carbocycles. The minimum atomic E-state index is -0.399. The Kier molecular flexibility index (Phi) is 7.76. The van der Waals surface area contributed by atoms with Crippen LogP contribution in [0.3, 0.4) is 0 Å². The summed E-state index contributed by atoms with van der Waals surface area (Å²) in [6, 6.07) is 56.8. The predicted molar refractivity (Wildman–Crippen MR) is 239 cm³/mol. The van der Waals surface area contributed by atoms with Gasteiger partial charge < -0.3 is 4.90 Å². The minimum Gasteiger partial charge on any atom is -0.310 e. The monoisotopic (exact) mass is 731 g/mol. The molecule has 2 unspecified atom stereocenters. The summed E-state index contributed by atoms with van der Waals surface area (Å²) in [5, 5.41) is 0. The molecule has 0 radical (unpaired) electrons. The van der Waals surface area contributed by atoms with Crippen LogP contribution in [-0.2, 0) is 10.8 Å². The third kappa shape index (κ3) is 5.15. The van der Waals surface area contributed by atoms with Crippen LogP contribution in [0.2, 0.25) is 0 Å². The van der Waals surface area contributed by atoms with Crippen LogP contribution < -0.4 is 4.90 Å². The summed E-state index contributed by atoms with van der Waals surface area (Å²) in [4.78, 5) is 2.49. The molecule has 2 atom stereocenters. The van der Waals surface area contributed by atoms with Crippen molar-refractivity contribution in [3.8, 4) is 11.1 Å². The average Bonchev–Trinajstić information content (AvgIpc) is 3.69. The van der Waals surface area contributed by atoms with Gasteiger partial charge in [0, 0.05) is 34.3 Å². The molecular weight excluding hydrogens is 687 g/mol. The van der Waals surface area contributed by atoms with Gasteiger partial charge in [0.25, 0.3) is 0 Å². The van der Waals surface area contributed by atoms with E-state index in [0.29, 0.717) is 11.8 Å². The fourth-order valence-corrected chi connectivity index (χ4v) is 10.7. The molecule has 6 aromatic rings. The Hall–Kier alpha value is -6.44. The minimum absolute atomic E-state index is 0.0708.